The van der Waals surface area contributed by atoms with E-state index in [1.165, 1.54) is 22.3 Å². The molecule has 1 aliphatic heterocycles. The number of nitrogens with zero attached hydrogens (tertiary/aromatic N) is 1. The average Bonchev–Trinajstić information content (AvgIpc) is 2.89. The molecule has 0 saturated carbocycles. The Morgan fingerprint density at radius 2 is 2.21 bits per heavy atom. The molecule has 3 rings (SSSR count). The molecule has 0 fully saturated rings. The summed E-state index contributed by atoms with van der Waals surface area (Å²) in [6, 6.07) is 8.69. The number of pyridine rings is 1. The van der Waals surface area contributed by atoms with E-state index in [4.69, 9.17) is 4.74 Å². The molecule has 1 aromatic carbocycles. The Labute approximate surface area is 113 Å². The highest BCUT2D eigenvalue weighted by molar-refractivity contribution is 5.44. The summed E-state index contributed by atoms with van der Waals surface area (Å²) in [5, 5.41) is 3.39. The zero-order valence-corrected chi connectivity index (χ0v) is 11.3. The Morgan fingerprint density at radius 1 is 1.32 bits per heavy atom. The second-order valence-corrected chi connectivity index (χ2v) is 4.92. The highest BCUT2D eigenvalue weighted by Gasteiger charge is 2.18. The second kappa shape index (κ2) is 5.02. The number of aryl methyl sites for hydroxylation is 1. The molecule has 98 valence electrons. The smallest absolute Gasteiger partial charge is 0.122 e. The summed E-state index contributed by atoms with van der Waals surface area (Å²) in [6.07, 6.45) is 4.79. The lowest BCUT2D eigenvalue weighted by molar-refractivity contribution is 0.357. The summed E-state index contributed by atoms with van der Waals surface area (Å²) in [6.45, 7) is 2.92. The third-order valence-electron chi connectivity index (χ3n) is 3.73. The van der Waals surface area contributed by atoms with Gasteiger partial charge in [0.1, 0.15) is 5.75 Å². The fourth-order valence-electron chi connectivity index (χ4n) is 2.67. The predicted octanol–water partition coefficient (Wildman–Crippen LogP) is 2.63. The van der Waals surface area contributed by atoms with Crippen molar-refractivity contribution in [3.63, 3.8) is 0 Å². The number of ether oxygens (including phenoxy) is 1. The first-order valence-electron chi connectivity index (χ1n) is 6.63. The number of benzene rings is 1. The summed E-state index contributed by atoms with van der Waals surface area (Å²) in [5.74, 6) is 1.03. The van der Waals surface area contributed by atoms with Gasteiger partial charge < -0.3 is 10.1 Å². The van der Waals surface area contributed by atoms with Crippen molar-refractivity contribution in [1.29, 1.82) is 0 Å². The van der Waals surface area contributed by atoms with Crippen LogP contribution in [-0.2, 0) is 6.42 Å². The maximum absolute atomic E-state index is 5.56. The number of fused-ring (bicyclic) bond motifs is 1. The van der Waals surface area contributed by atoms with Crippen LogP contribution in [0.2, 0.25) is 0 Å². The molecular weight excluding hydrogens is 236 g/mol. The van der Waals surface area contributed by atoms with E-state index in [-0.39, 0.29) is 6.04 Å². The van der Waals surface area contributed by atoms with Gasteiger partial charge >= 0.3 is 0 Å². The van der Waals surface area contributed by atoms with Crippen molar-refractivity contribution in [3.8, 4) is 5.75 Å². The molecular formula is C16H18N2O. The Balaban J connectivity index is 2.01. The van der Waals surface area contributed by atoms with Crippen LogP contribution in [0.5, 0.6) is 5.75 Å². The van der Waals surface area contributed by atoms with Gasteiger partial charge in [0.25, 0.3) is 0 Å². The first kappa shape index (κ1) is 12.2. The van der Waals surface area contributed by atoms with Crippen LogP contribution >= 0.6 is 0 Å². The summed E-state index contributed by atoms with van der Waals surface area (Å²) in [7, 11) is 1.99. The van der Waals surface area contributed by atoms with E-state index < -0.39 is 0 Å². The van der Waals surface area contributed by atoms with Crippen LogP contribution in [0.15, 0.2) is 36.7 Å². The molecule has 0 amide bonds. The third kappa shape index (κ3) is 2.22. The Morgan fingerprint density at radius 3 is 3.00 bits per heavy atom. The molecule has 1 aliphatic rings. The normalized spacial score (nSPS) is 14.8. The van der Waals surface area contributed by atoms with Crippen LogP contribution in [0.1, 0.15) is 28.3 Å². The number of hydrogen-bond acceptors (Lipinski definition) is 3. The molecule has 2 aromatic rings. The molecule has 1 N–H and O–H groups in total. The SMILES string of the molecule is CNC(c1ccc2c(c1)CCO2)c1cnccc1C. The minimum Gasteiger partial charge on any atom is -0.493 e. The fourth-order valence-corrected chi connectivity index (χ4v) is 2.67. The molecule has 0 bridgehead atoms. The van der Waals surface area contributed by atoms with Crippen molar-refractivity contribution in [2.24, 2.45) is 0 Å². The largest absolute Gasteiger partial charge is 0.493 e. The maximum atomic E-state index is 5.56. The lowest BCUT2D eigenvalue weighted by atomic mass is 9.95. The summed E-state index contributed by atoms with van der Waals surface area (Å²) in [5.41, 5.74) is 5.05. The second-order valence-electron chi connectivity index (χ2n) is 4.92. The van der Waals surface area contributed by atoms with Gasteiger partial charge in [-0.2, -0.15) is 0 Å². The van der Waals surface area contributed by atoms with Crippen molar-refractivity contribution < 1.29 is 4.74 Å². The standard InChI is InChI=1S/C16H18N2O/c1-11-5-7-18-10-14(11)16(17-2)13-3-4-15-12(9-13)6-8-19-15/h3-5,7,9-10,16-17H,6,8H2,1-2H3. The summed E-state index contributed by atoms with van der Waals surface area (Å²) >= 11 is 0. The van der Waals surface area contributed by atoms with E-state index >= 15 is 0 Å². The van der Waals surface area contributed by atoms with Crippen LogP contribution in [0, 0.1) is 6.92 Å². The van der Waals surface area contributed by atoms with E-state index in [0.717, 1.165) is 18.8 Å². The molecule has 1 atom stereocenters. The molecule has 1 aromatic heterocycles. The lowest BCUT2D eigenvalue weighted by Gasteiger charge is -2.19. The molecule has 3 heteroatoms. The van der Waals surface area contributed by atoms with Gasteiger partial charge in [-0.15, -0.1) is 0 Å². The molecule has 19 heavy (non-hydrogen) atoms. The summed E-state index contributed by atoms with van der Waals surface area (Å²) < 4.78 is 5.56. The third-order valence-corrected chi connectivity index (χ3v) is 3.73. The van der Waals surface area contributed by atoms with E-state index in [0.29, 0.717) is 0 Å². The molecule has 1 unspecified atom stereocenters. The van der Waals surface area contributed by atoms with Crippen molar-refractivity contribution in [2.75, 3.05) is 13.7 Å². The van der Waals surface area contributed by atoms with Crippen molar-refractivity contribution in [2.45, 2.75) is 19.4 Å². The highest BCUT2D eigenvalue weighted by Crippen LogP contribution is 2.31. The molecule has 2 heterocycles. The van der Waals surface area contributed by atoms with E-state index in [1.807, 2.05) is 19.4 Å². The van der Waals surface area contributed by atoms with Crippen LogP contribution < -0.4 is 10.1 Å². The quantitative estimate of drug-likeness (QED) is 0.914. The van der Waals surface area contributed by atoms with Crippen molar-refractivity contribution >= 4 is 0 Å². The van der Waals surface area contributed by atoms with Crippen LogP contribution in [0.3, 0.4) is 0 Å². The van der Waals surface area contributed by atoms with Gasteiger partial charge in [-0.05, 0) is 48.4 Å². The van der Waals surface area contributed by atoms with Crippen LogP contribution in [0.4, 0.5) is 0 Å². The van der Waals surface area contributed by atoms with E-state index in [9.17, 15) is 0 Å². The van der Waals surface area contributed by atoms with Gasteiger partial charge in [-0.3, -0.25) is 4.98 Å². The fraction of sp³-hybridized carbons (Fsp3) is 0.312. The zero-order valence-electron chi connectivity index (χ0n) is 11.3. The van der Waals surface area contributed by atoms with Crippen molar-refractivity contribution in [1.82, 2.24) is 10.3 Å². The van der Waals surface area contributed by atoms with Gasteiger partial charge in [0, 0.05) is 18.8 Å². The monoisotopic (exact) mass is 254 g/mol. The van der Waals surface area contributed by atoms with Gasteiger partial charge in [-0.1, -0.05) is 12.1 Å². The van der Waals surface area contributed by atoms with E-state index in [1.54, 1.807) is 0 Å². The molecule has 0 radical (unpaired) electrons. The van der Waals surface area contributed by atoms with Gasteiger partial charge in [0.15, 0.2) is 0 Å². The minimum atomic E-state index is 0.180. The highest BCUT2D eigenvalue weighted by atomic mass is 16.5. The van der Waals surface area contributed by atoms with Gasteiger partial charge in [0.05, 0.1) is 12.6 Å². The number of aromatic nitrogens is 1. The first-order valence-corrected chi connectivity index (χ1v) is 6.63. The lowest BCUT2D eigenvalue weighted by Crippen LogP contribution is -2.19. The van der Waals surface area contributed by atoms with Gasteiger partial charge in [-0.25, -0.2) is 0 Å². The Kier molecular flexibility index (Phi) is 3.22. The van der Waals surface area contributed by atoms with E-state index in [2.05, 4.69) is 41.5 Å². The van der Waals surface area contributed by atoms with Gasteiger partial charge in [0.2, 0.25) is 0 Å². The number of rotatable bonds is 3. The first-order chi connectivity index (χ1) is 9.29. The summed E-state index contributed by atoms with van der Waals surface area (Å²) in [4.78, 5) is 4.25. The Bertz CT molecular complexity index is 595. The molecule has 0 aliphatic carbocycles. The predicted molar refractivity (Wildman–Crippen MR) is 75.5 cm³/mol. The van der Waals surface area contributed by atoms with Crippen molar-refractivity contribution in [3.05, 3.63) is 58.9 Å². The molecule has 3 nitrogen and oxygen atoms in total. The molecule has 0 spiro atoms. The average molecular weight is 254 g/mol. The van der Waals surface area contributed by atoms with Crippen LogP contribution in [-0.4, -0.2) is 18.6 Å². The Hall–Kier alpha value is -1.87. The minimum absolute atomic E-state index is 0.180. The zero-order chi connectivity index (χ0) is 13.2. The topological polar surface area (TPSA) is 34.1 Å². The van der Waals surface area contributed by atoms with Crippen LogP contribution in [0.25, 0.3) is 0 Å². The maximum Gasteiger partial charge on any atom is 0.122 e. The number of nitrogens with one attached hydrogen (secondary N) is 1. The number of hydrogen-bond donors (Lipinski definition) is 1. The molecule has 0 saturated heterocycles.